The smallest absolute Gasteiger partial charge is 0.340 e. The van der Waals surface area contributed by atoms with Gasteiger partial charge in [0.2, 0.25) is 35.4 Å². The van der Waals surface area contributed by atoms with Gasteiger partial charge in [-0.15, -0.1) is 0 Å². The van der Waals surface area contributed by atoms with Crippen LogP contribution in [0.5, 0.6) is 0 Å². The number of hydrogen-bond donors (Lipinski definition) is 5. The Labute approximate surface area is 492 Å². The molecule has 5 atom stereocenters. The SMILES string of the molecule is Cc1c(F)cc2nc3c(c4c2c1CC[C@@H]4NC(=O)[C@@H](C)NC(=O)[C@H](NC(=O)CCOCCOCCOCCOCCOCCOCCOCCOCCNC(=O)CCN1C(=O)CC(C(C)C)C1=O)C(C)C)Cn1c-3cc2c(c1=O)COC(=O)[C@H]2O. The zero-order valence-electron chi connectivity index (χ0n) is 49.5. The minimum Gasteiger partial charge on any atom is -0.458 e. The number of ether oxygens (including phenoxy) is 9. The van der Waals surface area contributed by atoms with Crippen molar-refractivity contribution in [2.75, 3.05) is 119 Å². The van der Waals surface area contributed by atoms with E-state index in [-0.39, 0.29) is 105 Å². The van der Waals surface area contributed by atoms with E-state index in [0.29, 0.717) is 144 Å². The van der Waals surface area contributed by atoms with Gasteiger partial charge in [-0.2, -0.15) is 0 Å². The summed E-state index contributed by atoms with van der Waals surface area (Å²) in [5.74, 6) is -4.01. The average molecular weight is 1200 g/mol. The number of cyclic esters (lactones) is 1. The third-order valence-corrected chi connectivity index (χ3v) is 15.3. The van der Waals surface area contributed by atoms with Gasteiger partial charge in [0.1, 0.15) is 24.5 Å². The first kappa shape index (κ1) is 66.2. The van der Waals surface area contributed by atoms with Crippen molar-refractivity contribution in [2.24, 2.45) is 17.8 Å². The fraction of sp³-hybridized carbons (Fsp3) is 0.644. The molecule has 3 aromatic rings. The first-order valence-electron chi connectivity index (χ1n) is 29.3. The first-order chi connectivity index (χ1) is 40.9. The number of benzene rings is 1. The van der Waals surface area contributed by atoms with E-state index in [1.165, 1.54) is 22.5 Å². The lowest BCUT2D eigenvalue weighted by atomic mass is 9.81. The highest BCUT2D eigenvalue weighted by Crippen LogP contribution is 2.45. The zero-order valence-corrected chi connectivity index (χ0v) is 49.5. The Morgan fingerprint density at radius 3 is 1.87 bits per heavy atom. The summed E-state index contributed by atoms with van der Waals surface area (Å²) < 4.78 is 66.0. The number of esters is 1. The highest BCUT2D eigenvalue weighted by atomic mass is 19.1. The number of nitrogens with one attached hydrogen (secondary N) is 4. The van der Waals surface area contributed by atoms with Gasteiger partial charge in [0, 0.05) is 60.8 Å². The van der Waals surface area contributed by atoms with E-state index in [2.05, 4.69) is 21.3 Å². The van der Waals surface area contributed by atoms with E-state index in [0.717, 1.165) is 5.56 Å². The van der Waals surface area contributed by atoms with E-state index < -0.39 is 59.3 Å². The van der Waals surface area contributed by atoms with Crippen molar-refractivity contribution < 1.29 is 85.7 Å². The lowest BCUT2D eigenvalue weighted by molar-refractivity contribution is -0.157. The van der Waals surface area contributed by atoms with E-state index >= 15 is 4.39 Å². The number of pyridine rings is 2. The molecule has 6 amide bonds. The number of imide groups is 1. The predicted octanol–water partition coefficient (Wildman–Crippen LogP) is 1.77. The van der Waals surface area contributed by atoms with Gasteiger partial charge in [-0.25, -0.2) is 14.2 Å². The van der Waals surface area contributed by atoms with Gasteiger partial charge in [0.05, 0.1) is 141 Å². The Morgan fingerprint density at radius 2 is 1.31 bits per heavy atom. The molecule has 5 heterocycles. The second kappa shape index (κ2) is 32.4. The monoisotopic (exact) mass is 1200 g/mol. The summed E-state index contributed by atoms with van der Waals surface area (Å²) >= 11 is 0. The summed E-state index contributed by atoms with van der Waals surface area (Å²) in [5, 5.41) is 22.6. The molecule has 1 unspecified atom stereocenters. The zero-order chi connectivity index (χ0) is 61.2. The van der Waals surface area contributed by atoms with E-state index in [1.54, 1.807) is 26.8 Å². The van der Waals surface area contributed by atoms with Gasteiger partial charge >= 0.3 is 5.97 Å². The summed E-state index contributed by atoms with van der Waals surface area (Å²) in [6.45, 7) is 16.3. The van der Waals surface area contributed by atoms with E-state index in [9.17, 15) is 43.5 Å². The van der Waals surface area contributed by atoms with Crippen LogP contribution in [0.3, 0.4) is 0 Å². The molecule has 0 bridgehead atoms. The van der Waals surface area contributed by atoms with Crippen molar-refractivity contribution in [3.05, 3.63) is 61.7 Å². The van der Waals surface area contributed by atoms with Gasteiger partial charge in [0.25, 0.3) is 5.56 Å². The number of likely N-dealkylation sites (tertiary alicyclic amines) is 1. The first-order valence-corrected chi connectivity index (χ1v) is 29.3. The maximum Gasteiger partial charge on any atom is 0.340 e. The standard InChI is InChI=1S/C59H82FN7O18/c1-34(2)39-30-49(70)66(57(39)74)12-9-47(68)61-11-14-78-16-18-80-20-22-82-24-26-84-28-27-83-25-23-81-21-19-79-17-15-77-13-10-48(69)65-52(35(3)4)56(73)62-37(6)55(72)64-44-8-7-38-36(5)43(60)31-45-50(38)51(44)41-32-67-46(53(41)63-45)29-40-42(58(67)75)33-85-59(76)54(40)71/h29,31,34-35,37,39,44,52,54,71H,7-28,30,32-33H2,1-6H3,(H,61,68)(H,62,73)(H,64,72)(H,65,69)/t37-,39?,44+,52-,54+/m1/s1. The Hall–Kier alpha value is -6.36. The van der Waals surface area contributed by atoms with Crippen molar-refractivity contribution in [1.29, 1.82) is 0 Å². The highest BCUT2D eigenvalue weighted by Gasteiger charge is 2.41. The normalized spacial score (nSPS) is 17.7. The molecule has 1 saturated heterocycles. The molecule has 7 rings (SSSR count). The van der Waals surface area contributed by atoms with Crippen molar-refractivity contribution >= 4 is 52.3 Å². The highest BCUT2D eigenvalue weighted by molar-refractivity contribution is 6.04. The number of hydrogen-bond acceptors (Lipinski definition) is 19. The van der Waals surface area contributed by atoms with Crippen molar-refractivity contribution in [2.45, 2.75) is 111 Å². The lowest BCUT2D eigenvalue weighted by Crippen LogP contribution is -2.55. The van der Waals surface area contributed by atoms with Crippen LogP contribution in [0.4, 0.5) is 4.39 Å². The second-order valence-electron chi connectivity index (χ2n) is 21.9. The predicted molar refractivity (Wildman–Crippen MR) is 302 cm³/mol. The largest absolute Gasteiger partial charge is 0.458 e. The van der Waals surface area contributed by atoms with Gasteiger partial charge in [0.15, 0.2) is 6.10 Å². The van der Waals surface area contributed by atoms with Gasteiger partial charge in [-0.3, -0.25) is 38.5 Å². The number of aliphatic hydroxyl groups excluding tert-OH is 1. The summed E-state index contributed by atoms with van der Waals surface area (Å²) in [4.78, 5) is 109. The van der Waals surface area contributed by atoms with Crippen molar-refractivity contribution in [3.8, 4) is 11.4 Å². The Balaban J connectivity index is 0.674. The molecule has 1 aliphatic carbocycles. The molecule has 3 aliphatic heterocycles. The van der Waals surface area contributed by atoms with Crippen LogP contribution < -0.4 is 26.8 Å². The minimum atomic E-state index is -1.65. The molecule has 0 radical (unpaired) electrons. The number of aliphatic hydroxyl groups is 1. The van der Waals surface area contributed by atoms with Crippen molar-refractivity contribution in [3.63, 3.8) is 0 Å². The third-order valence-electron chi connectivity index (χ3n) is 15.3. The average Bonchev–Trinajstić information content (AvgIpc) is 1.68. The van der Waals surface area contributed by atoms with Gasteiger partial charge < -0.3 is 73.6 Å². The van der Waals surface area contributed by atoms with Crippen molar-refractivity contribution in [1.82, 2.24) is 35.7 Å². The fourth-order valence-electron chi connectivity index (χ4n) is 10.5. The number of halogens is 1. The molecule has 0 spiro atoms. The van der Waals surface area contributed by atoms with E-state index in [1.807, 2.05) is 13.8 Å². The molecule has 4 aliphatic rings. The molecule has 1 fully saturated rings. The molecule has 1 aromatic carbocycles. The number of rotatable bonds is 37. The number of amides is 6. The molecule has 26 heteroatoms. The number of nitrogens with zero attached hydrogens (tertiary/aromatic N) is 3. The quantitative estimate of drug-likeness (QED) is 0.0244. The number of aryl methyl sites for hydroxylation is 1. The van der Waals surface area contributed by atoms with Crippen LogP contribution in [0.15, 0.2) is 16.9 Å². The van der Waals surface area contributed by atoms with Crippen LogP contribution >= 0.6 is 0 Å². The van der Waals surface area contributed by atoms with Crippen LogP contribution in [0.1, 0.15) is 106 Å². The topological polar surface area (TPSA) is 309 Å². The van der Waals surface area contributed by atoms with Gasteiger partial charge in [-0.05, 0) is 61.3 Å². The molecular weight excluding hydrogens is 1110 g/mol. The molecule has 5 N–H and O–H groups in total. The molecular formula is C59H82FN7O18. The molecule has 0 saturated carbocycles. The van der Waals surface area contributed by atoms with Crippen LogP contribution in [-0.2, 0) is 95.8 Å². The fourth-order valence-corrected chi connectivity index (χ4v) is 10.5. The number of carbonyl (C=O) groups is 7. The molecule has 85 heavy (non-hydrogen) atoms. The number of aromatic nitrogens is 2. The Bertz CT molecular complexity index is 2920. The summed E-state index contributed by atoms with van der Waals surface area (Å²) in [5.41, 5.74) is 3.37. The number of fused-ring (bicyclic) bond motifs is 5. The van der Waals surface area contributed by atoms with Crippen LogP contribution in [0.25, 0.3) is 22.3 Å². The summed E-state index contributed by atoms with van der Waals surface area (Å²) in [6.07, 6.45) is -0.605. The Kier molecular flexibility index (Phi) is 25.2. The third kappa shape index (κ3) is 17.7. The van der Waals surface area contributed by atoms with Gasteiger partial charge in [-0.1, -0.05) is 27.7 Å². The van der Waals surface area contributed by atoms with E-state index in [4.69, 9.17) is 47.6 Å². The van der Waals surface area contributed by atoms with Crippen LogP contribution in [-0.4, -0.2) is 192 Å². The lowest BCUT2D eigenvalue weighted by Gasteiger charge is -2.31. The number of carbonyl (C=O) groups excluding carboxylic acids is 7. The maximum atomic E-state index is 15.4. The molecule has 25 nitrogen and oxygen atoms in total. The molecule has 2 aromatic heterocycles. The maximum absolute atomic E-state index is 15.4. The summed E-state index contributed by atoms with van der Waals surface area (Å²) in [6, 6.07) is 0.264. The molecule has 468 valence electrons. The Morgan fingerprint density at radius 1 is 0.729 bits per heavy atom. The second-order valence-corrected chi connectivity index (χ2v) is 21.9. The minimum absolute atomic E-state index is 0.0169. The summed E-state index contributed by atoms with van der Waals surface area (Å²) in [7, 11) is 0. The van der Waals surface area contributed by atoms with Crippen LogP contribution in [0.2, 0.25) is 0 Å². The van der Waals surface area contributed by atoms with Crippen LogP contribution in [0, 0.1) is 30.5 Å².